The molecular weight excluding hydrogens is 338 g/mol. The fourth-order valence-corrected chi connectivity index (χ4v) is 3.97. The minimum Gasteiger partial charge on any atom is -0.444 e. The summed E-state index contributed by atoms with van der Waals surface area (Å²) in [5.74, 6) is 0.478. The molecule has 2 aromatic carbocycles. The Morgan fingerprint density at radius 3 is 2.41 bits per heavy atom. The molecule has 0 aromatic heterocycles. The number of rotatable bonds is 4. The van der Waals surface area contributed by atoms with Crippen LogP contribution in [-0.4, -0.2) is 36.7 Å². The molecule has 5 heteroatoms. The Morgan fingerprint density at radius 2 is 1.81 bits per heavy atom. The summed E-state index contributed by atoms with van der Waals surface area (Å²) < 4.78 is 5.95. The van der Waals surface area contributed by atoms with Crippen molar-refractivity contribution in [2.75, 3.05) is 24.5 Å². The molecule has 0 N–H and O–H groups in total. The Hall–Kier alpha value is -2.84. The van der Waals surface area contributed by atoms with Crippen molar-refractivity contribution in [3.05, 3.63) is 65.7 Å². The molecule has 3 aliphatic rings. The third-order valence-corrected chi connectivity index (χ3v) is 5.56. The van der Waals surface area contributed by atoms with Gasteiger partial charge >= 0.3 is 6.09 Å². The molecule has 3 heterocycles. The van der Waals surface area contributed by atoms with Crippen molar-refractivity contribution < 1.29 is 9.53 Å². The molecule has 2 bridgehead atoms. The summed E-state index contributed by atoms with van der Waals surface area (Å²) in [4.78, 5) is 17.1. The Bertz CT molecular complexity index is 821. The highest BCUT2D eigenvalue weighted by molar-refractivity contribution is 5.87. The van der Waals surface area contributed by atoms with E-state index in [0.717, 1.165) is 43.7 Å². The molecule has 0 spiro atoms. The van der Waals surface area contributed by atoms with Gasteiger partial charge in [0.05, 0.1) is 18.2 Å². The van der Waals surface area contributed by atoms with Gasteiger partial charge in [0.15, 0.2) is 0 Å². The summed E-state index contributed by atoms with van der Waals surface area (Å²) in [5.41, 5.74) is 2.39. The number of hydrogen-bond acceptors (Lipinski definition) is 4. The first-order valence-electron chi connectivity index (χ1n) is 9.47. The molecule has 5 rings (SSSR count). The monoisotopic (exact) mass is 361 g/mol. The number of ether oxygens (including phenoxy) is 1. The zero-order chi connectivity index (χ0) is 18.6. The van der Waals surface area contributed by atoms with Crippen LogP contribution in [0.5, 0.6) is 0 Å². The third-order valence-electron chi connectivity index (χ3n) is 5.56. The van der Waals surface area contributed by atoms with Crippen LogP contribution in [0.25, 0.3) is 0 Å². The van der Waals surface area contributed by atoms with Crippen LogP contribution in [-0.2, 0) is 11.3 Å². The van der Waals surface area contributed by atoms with Crippen LogP contribution in [0.15, 0.2) is 54.6 Å². The second kappa shape index (κ2) is 7.81. The fraction of sp³-hybridized carbons (Fsp3) is 0.364. The zero-order valence-electron chi connectivity index (χ0n) is 15.3. The van der Waals surface area contributed by atoms with Crippen molar-refractivity contribution >= 4 is 11.8 Å². The summed E-state index contributed by atoms with van der Waals surface area (Å²) in [6, 6.07) is 19.0. The van der Waals surface area contributed by atoms with Gasteiger partial charge in [-0.3, -0.25) is 9.80 Å². The molecule has 2 aromatic rings. The SMILES string of the molecule is N#Cc1ccc(CN(C(=O)O[C@H]2CN3CCC2CC3)c2ccccc2)cc1. The quantitative estimate of drug-likeness (QED) is 0.831. The molecule has 0 radical (unpaired) electrons. The predicted molar refractivity (Wildman–Crippen MR) is 103 cm³/mol. The van der Waals surface area contributed by atoms with Gasteiger partial charge < -0.3 is 4.74 Å². The molecule has 3 aliphatic heterocycles. The molecule has 3 saturated heterocycles. The highest BCUT2D eigenvalue weighted by Gasteiger charge is 2.37. The smallest absolute Gasteiger partial charge is 0.414 e. The van der Waals surface area contributed by atoms with Crippen molar-refractivity contribution in [1.29, 1.82) is 5.26 Å². The summed E-state index contributed by atoms with van der Waals surface area (Å²) in [7, 11) is 0. The van der Waals surface area contributed by atoms with E-state index in [-0.39, 0.29) is 12.2 Å². The topological polar surface area (TPSA) is 56.6 Å². The van der Waals surface area contributed by atoms with Crippen molar-refractivity contribution in [3.63, 3.8) is 0 Å². The van der Waals surface area contributed by atoms with Gasteiger partial charge in [-0.25, -0.2) is 4.79 Å². The molecular formula is C22H23N3O2. The Balaban J connectivity index is 1.52. The Kier molecular flexibility index (Phi) is 5.08. The van der Waals surface area contributed by atoms with Crippen molar-refractivity contribution in [3.8, 4) is 6.07 Å². The van der Waals surface area contributed by atoms with Gasteiger partial charge in [0.2, 0.25) is 0 Å². The van der Waals surface area contributed by atoms with E-state index in [1.54, 1.807) is 17.0 Å². The van der Waals surface area contributed by atoms with Crippen LogP contribution in [0.3, 0.4) is 0 Å². The molecule has 0 saturated carbocycles. The number of piperidine rings is 3. The number of hydrogen-bond donors (Lipinski definition) is 0. The van der Waals surface area contributed by atoms with Crippen molar-refractivity contribution in [2.45, 2.75) is 25.5 Å². The van der Waals surface area contributed by atoms with Gasteiger partial charge in [0.25, 0.3) is 0 Å². The second-order valence-corrected chi connectivity index (χ2v) is 7.29. The van der Waals surface area contributed by atoms with Gasteiger partial charge in [-0.1, -0.05) is 30.3 Å². The van der Waals surface area contributed by atoms with Crippen LogP contribution < -0.4 is 4.90 Å². The lowest BCUT2D eigenvalue weighted by Crippen LogP contribution is -2.53. The van der Waals surface area contributed by atoms with Gasteiger partial charge in [-0.05, 0) is 61.7 Å². The van der Waals surface area contributed by atoms with Gasteiger partial charge in [-0.2, -0.15) is 5.26 Å². The van der Waals surface area contributed by atoms with E-state index in [9.17, 15) is 4.79 Å². The number of amides is 1. The van der Waals surface area contributed by atoms with Crippen LogP contribution in [0.1, 0.15) is 24.0 Å². The van der Waals surface area contributed by atoms with Gasteiger partial charge in [-0.15, -0.1) is 0 Å². The highest BCUT2D eigenvalue weighted by Crippen LogP contribution is 2.30. The lowest BCUT2D eigenvalue weighted by atomic mass is 9.86. The maximum Gasteiger partial charge on any atom is 0.414 e. The maximum absolute atomic E-state index is 13.0. The average molecular weight is 361 g/mol. The van der Waals surface area contributed by atoms with E-state index in [4.69, 9.17) is 10.00 Å². The van der Waals surface area contributed by atoms with E-state index >= 15 is 0 Å². The third kappa shape index (κ3) is 3.96. The second-order valence-electron chi connectivity index (χ2n) is 7.29. The highest BCUT2D eigenvalue weighted by atomic mass is 16.6. The van der Waals surface area contributed by atoms with E-state index in [2.05, 4.69) is 11.0 Å². The lowest BCUT2D eigenvalue weighted by Gasteiger charge is -2.44. The number of benzene rings is 2. The number of nitrogens with zero attached hydrogens (tertiary/aromatic N) is 3. The number of nitriles is 1. The largest absolute Gasteiger partial charge is 0.444 e. The fourth-order valence-electron chi connectivity index (χ4n) is 3.97. The van der Waals surface area contributed by atoms with Crippen molar-refractivity contribution in [2.24, 2.45) is 5.92 Å². The molecule has 1 atom stereocenters. The van der Waals surface area contributed by atoms with Crippen LogP contribution >= 0.6 is 0 Å². The van der Waals surface area contributed by atoms with E-state index in [1.165, 1.54) is 0 Å². The number of carbonyl (C=O) groups is 1. The standard InChI is InChI=1S/C22H23N3O2/c23-14-17-6-8-18(9-7-17)15-25(20-4-2-1-3-5-20)22(26)27-21-16-24-12-10-19(21)11-13-24/h1-9,19,21H,10-13,15-16H2/t21-/m0/s1. The van der Waals surface area contributed by atoms with Crippen LogP contribution in [0.4, 0.5) is 10.5 Å². The Morgan fingerprint density at radius 1 is 1.11 bits per heavy atom. The Labute approximate surface area is 159 Å². The van der Waals surface area contributed by atoms with E-state index in [0.29, 0.717) is 18.0 Å². The molecule has 1 amide bonds. The van der Waals surface area contributed by atoms with Crippen molar-refractivity contribution in [1.82, 2.24) is 4.90 Å². The minimum absolute atomic E-state index is 0.0211. The number of anilines is 1. The van der Waals surface area contributed by atoms with Crippen LogP contribution in [0, 0.1) is 17.2 Å². The maximum atomic E-state index is 13.0. The summed E-state index contributed by atoms with van der Waals surface area (Å²) in [5, 5.41) is 8.97. The minimum atomic E-state index is -0.302. The summed E-state index contributed by atoms with van der Waals surface area (Å²) in [6.45, 7) is 3.49. The van der Waals surface area contributed by atoms with Gasteiger partial charge in [0.1, 0.15) is 6.10 Å². The molecule has 5 nitrogen and oxygen atoms in total. The summed E-state index contributed by atoms with van der Waals surface area (Å²) >= 11 is 0. The normalized spacial score (nSPS) is 23.4. The number of carbonyl (C=O) groups excluding carboxylic acids is 1. The first-order valence-corrected chi connectivity index (χ1v) is 9.47. The van der Waals surface area contributed by atoms with Gasteiger partial charge in [0, 0.05) is 12.2 Å². The molecule has 0 aliphatic carbocycles. The predicted octanol–water partition coefficient (Wildman–Crippen LogP) is 3.80. The molecule has 3 fully saturated rings. The van der Waals surface area contributed by atoms with E-state index < -0.39 is 0 Å². The zero-order valence-corrected chi connectivity index (χ0v) is 15.3. The molecule has 138 valence electrons. The summed E-state index contributed by atoms with van der Waals surface area (Å²) in [6.07, 6.45) is 1.90. The number of fused-ring (bicyclic) bond motifs is 3. The van der Waals surface area contributed by atoms with E-state index in [1.807, 2.05) is 42.5 Å². The number of para-hydroxylation sites is 1. The first-order chi connectivity index (χ1) is 13.2. The molecule has 27 heavy (non-hydrogen) atoms. The average Bonchev–Trinajstić information content (AvgIpc) is 2.74. The molecule has 0 unspecified atom stereocenters. The van der Waals surface area contributed by atoms with Crippen LogP contribution in [0.2, 0.25) is 0 Å². The lowest BCUT2D eigenvalue weighted by molar-refractivity contribution is -0.0311. The first kappa shape index (κ1) is 17.6.